The van der Waals surface area contributed by atoms with E-state index in [0.29, 0.717) is 22.9 Å². The molecule has 0 aromatic heterocycles. The average Bonchev–Trinajstić information content (AvgIpc) is 2.67. The number of benzene rings is 3. The van der Waals surface area contributed by atoms with Crippen LogP contribution in [0.5, 0.6) is 11.5 Å². The normalized spacial score (nSPS) is 10.4. The molecule has 0 radical (unpaired) electrons. The number of fused-ring (bicyclic) bond motifs is 1. The molecule has 28 heavy (non-hydrogen) atoms. The Morgan fingerprint density at radius 2 is 1.75 bits per heavy atom. The van der Waals surface area contributed by atoms with Gasteiger partial charge in [0.1, 0.15) is 11.5 Å². The van der Waals surface area contributed by atoms with Crippen molar-refractivity contribution >= 4 is 49.9 Å². The standard InChI is InChI=1S/C21H19BrN2O4/c1-13(25)23-15-8-10-18(27-2)17(11-15)24-20(26)12-28-19-9-7-14-5-3-4-6-16(14)21(19)22/h3-11H,12H2,1-2H3,(H,23,25)(H,24,26). The zero-order chi connectivity index (χ0) is 20.1. The third-order valence-corrected chi connectivity index (χ3v) is 4.80. The molecule has 0 aliphatic heterocycles. The lowest BCUT2D eigenvalue weighted by Crippen LogP contribution is -2.21. The topological polar surface area (TPSA) is 76.7 Å². The molecule has 0 spiro atoms. The molecule has 0 heterocycles. The first-order valence-corrected chi connectivity index (χ1v) is 9.33. The van der Waals surface area contributed by atoms with Gasteiger partial charge in [-0.2, -0.15) is 0 Å². The summed E-state index contributed by atoms with van der Waals surface area (Å²) in [5.74, 6) is 0.507. The van der Waals surface area contributed by atoms with E-state index in [-0.39, 0.29) is 18.4 Å². The summed E-state index contributed by atoms with van der Waals surface area (Å²) in [6.07, 6.45) is 0. The highest BCUT2D eigenvalue weighted by Gasteiger charge is 2.12. The summed E-state index contributed by atoms with van der Waals surface area (Å²) >= 11 is 3.54. The van der Waals surface area contributed by atoms with Crippen LogP contribution in [0.15, 0.2) is 59.1 Å². The molecule has 0 bridgehead atoms. The van der Waals surface area contributed by atoms with Crippen molar-refractivity contribution in [2.75, 3.05) is 24.4 Å². The van der Waals surface area contributed by atoms with Gasteiger partial charge in [-0.1, -0.05) is 30.3 Å². The lowest BCUT2D eigenvalue weighted by molar-refractivity contribution is -0.118. The van der Waals surface area contributed by atoms with E-state index in [4.69, 9.17) is 9.47 Å². The number of nitrogens with one attached hydrogen (secondary N) is 2. The smallest absolute Gasteiger partial charge is 0.262 e. The van der Waals surface area contributed by atoms with Gasteiger partial charge in [-0.3, -0.25) is 9.59 Å². The van der Waals surface area contributed by atoms with E-state index >= 15 is 0 Å². The highest BCUT2D eigenvalue weighted by atomic mass is 79.9. The summed E-state index contributed by atoms with van der Waals surface area (Å²) in [7, 11) is 1.51. The van der Waals surface area contributed by atoms with Crippen LogP contribution >= 0.6 is 15.9 Å². The van der Waals surface area contributed by atoms with E-state index in [1.807, 2.05) is 36.4 Å². The molecule has 0 atom stereocenters. The van der Waals surface area contributed by atoms with Crippen LogP contribution in [-0.4, -0.2) is 25.5 Å². The van der Waals surface area contributed by atoms with Crippen molar-refractivity contribution in [3.63, 3.8) is 0 Å². The Bertz CT molecular complexity index is 1040. The third-order valence-electron chi connectivity index (χ3n) is 3.98. The van der Waals surface area contributed by atoms with Crippen LogP contribution < -0.4 is 20.1 Å². The van der Waals surface area contributed by atoms with E-state index in [9.17, 15) is 9.59 Å². The first kappa shape index (κ1) is 19.7. The number of ether oxygens (including phenoxy) is 2. The number of hydrogen-bond donors (Lipinski definition) is 2. The van der Waals surface area contributed by atoms with Crippen LogP contribution in [0, 0.1) is 0 Å². The molecule has 0 saturated carbocycles. The molecule has 2 N–H and O–H groups in total. The Labute approximate surface area is 171 Å². The number of carbonyl (C=O) groups excluding carboxylic acids is 2. The van der Waals surface area contributed by atoms with E-state index in [2.05, 4.69) is 26.6 Å². The van der Waals surface area contributed by atoms with E-state index in [1.54, 1.807) is 18.2 Å². The average molecular weight is 443 g/mol. The minimum Gasteiger partial charge on any atom is -0.495 e. The van der Waals surface area contributed by atoms with Crippen LogP contribution in [0.1, 0.15) is 6.92 Å². The van der Waals surface area contributed by atoms with Crippen LogP contribution in [0.25, 0.3) is 10.8 Å². The number of carbonyl (C=O) groups is 2. The van der Waals surface area contributed by atoms with E-state index < -0.39 is 0 Å². The Kier molecular flexibility index (Phi) is 6.16. The molecule has 0 aliphatic rings. The minimum atomic E-state index is -0.349. The highest BCUT2D eigenvalue weighted by Crippen LogP contribution is 2.33. The van der Waals surface area contributed by atoms with Gasteiger partial charge in [0.05, 0.1) is 17.3 Å². The van der Waals surface area contributed by atoms with Crippen LogP contribution in [0.4, 0.5) is 11.4 Å². The van der Waals surface area contributed by atoms with Gasteiger partial charge >= 0.3 is 0 Å². The number of hydrogen-bond acceptors (Lipinski definition) is 4. The number of amides is 2. The molecular formula is C21H19BrN2O4. The lowest BCUT2D eigenvalue weighted by Gasteiger charge is -2.13. The SMILES string of the molecule is COc1ccc(NC(C)=O)cc1NC(=O)COc1ccc2ccccc2c1Br. The molecular weight excluding hydrogens is 424 g/mol. The first-order valence-electron chi connectivity index (χ1n) is 8.53. The summed E-state index contributed by atoms with van der Waals surface area (Å²) in [6.45, 7) is 1.24. The van der Waals surface area contributed by atoms with E-state index in [0.717, 1.165) is 15.2 Å². The quantitative estimate of drug-likeness (QED) is 0.585. The van der Waals surface area contributed by atoms with Gasteiger partial charge in [-0.25, -0.2) is 0 Å². The zero-order valence-corrected chi connectivity index (χ0v) is 17.0. The van der Waals surface area contributed by atoms with Crippen molar-refractivity contribution in [2.45, 2.75) is 6.92 Å². The van der Waals surface area contributed by atoms with Gasteiger partial charge in [0.2, 0.25) is 5.91 Å². The minimum absolute atomic E-state index is 0.176. The molecule has 2 amide bonds. The van der Waals surface area contributed by atoms with Crippen LogP contribution in [0.2, 0.25) is 0 Å². The molecule has 3 aromatic rings. The highest BCUT2D eigenvalue weighted by molar-refractivity contribution is 9.10. The Hall–Kier alpha value is -3.06. The molecule has 144 valence electrons. The molecule has 0 fully saturated rings. The fourth-order valence-corrected chi connectivity index (χ4v) is 3.35. The number of rotatable bonds is 6. The zero-order valence-electron chi connectivity index (χ0n) is 15.4. The van der Waals surface area contributed by atoms with Crippen molar-refractivity contribution < 1.29 is 19.1 Å². The van der Waals surface area contributed by atoms with Gasteiger partial charge in [0.25, 0.3) is 5.91 Å². The molecule has 6 nitrogen and oxygen atoms in total. The maximum absolute atomic E-state index is 12.4. The first-order chi connectivity index (χ1) is 13.5. The summed E-state index contributed by atoms with van der Waals surface area (Å²) < 4.78 is 11.7. The predicted molar refractivity (Wildman–Crippen MR) is 113 cm³/mol. The molecule has 0 aliphatic carbocycles. The van der Waals surface area contributed by atoms with Gasteiger partial charge in [0, 0.05) is 12.6 Å². The molecule has 0 saturated heterocycles. The Morgan fingerprint density at radius 3 is 2.50 bits per heavy atom. The summed E-state index contributed by atoms with van der Waals surface area (Å²) in [6, 6.07) is 16.6. The van der Waals surface area contributed by atoms with Crippen molar-refractivity contribution in [3.05, 3.63) is 59.1 Å². The Balaban J connectivity index is 1.71. The van der Waals surface area contributed by atoms with Gasteiger partial charge in [-0.15, -0.1) is 0 Å². The number of methoxy groups -OCH3 is 1. The van der Waals surface area contributed by atoms with Gasteiger partial charge in [0.15, 0.2) is 6.61 Å². The number of halogens is 1. The molecule has 3 rings (SSSR count). The van der Waals surface area contributed by atoms with Crippen molar-refractivity contribution in [1.29, 1.82) is 0 Å². The molecule has 7 heteroatoms. The van der Waals surface area contributed by atoms with Gasteiger partial charge < -0.3 is 20.1 Å². The van der Waals surface area contributed by atoms with Crippen LogP contribution in [-0.2, 0) is 9.59 Å². The second kappa shape index (κ2) is 8.75. The number of anilines is 2. The van der Waals surface area contributed by atoms with Crippen molar-refractivity contribution in [3.8, 4) is 11.5 Å². The van der Waals surface area contributed by atoms with Gasteiger partial charge in [-0.05, 0) is 51.0 Å². The van der Waals surface area contributed by atoms with Crippen molar-refractivity contribution in [2.24, 2.45) is 0 Å². The van der Waals surface area contributed by atoms with E-state index in [1.165, 1.54) is 14.0 Å². The van der Waals surface area contributed by atoms with Crippen LogP contribution in [0.3, 0.4) is 0 Å². The van der Waals surface area contributed by atoms with Crippen molar-refractivity contribution in [1.82, 2.24) is 0 Å². The summed E-state index contributed by atoms with van der Waals surface area (Å²) in [5, 5.41) is 7.49. The summed E-state index contributed by atoms with van der Waals surface area (Å²) in [4.78, 5) is 23.6. The monoisotopic (exact) mass is 442 g/mol. The third kappa shape index (κ3) is 4.61. The Morgan fingerprint density at radius 1 is 1.00 bits per heavy atom. The summed E-state index contributed by atoms with van der Waals surface area (Å²) in [5.41, 5.74) is 1.00. The maximum atomic E-state index is 12.4. The lowest BCUT2D eigenvalue weighted by atomic mass is 10.1. The maximum Gasteiger partial charge on any atom is 0.262 e. The second-order valence-corrected chi connectivity index (χ2v) is 6.82. The fraction of sp³-hybridized carbons (Fsp3) is 0.143. The second-order valence-electron chi connectivity index (χ2n) is 6.03. The molecule has 3 aromatic carbocycles. The predicted octanol–water partition coefficient (Wildman–Crippen LogP) is 4.59. The fourth-order valence-electron chi connectivity index (χ4n) is 2.74. The largest absolute Gasteiger partial charge is 0.495 e. The molecule has 0 unspecified atom stereocenters.